The Labute approximate surface area is 195 Å². The van der Waals surface area contributed by atoms with E-state index in [4.69, 9.17) is 5.41 Å². The van der Waals surface area contributed by atoms with Crippen molar-refractivity contribution in [3.63, 3.8) is 0 Å². The van der Waals surface area contributed by atoms with E-state index in [2.05, 4.69) is 71.0 Å². The van der Waals surface area contributed by atoms with E-state index < -0.39 is 0 Å². The third-order valence-corrected chi connectivity index (χ3v) is 9.78. The molecule has 3 aliphatic carbocycles. The van der Waals surface area contributed by atoms with Gasteiger partial charge in [0.15, 0.2) is 0 Å². The van der Waals surface area contributed by atoms with Gasteiger partial charge in [-0.05, 0) is 80.1 Å². The van der Waals surface area contributed by atoms with Crippen LogP contribution in [-0.4, -0.2) is 18.2 Å². The average molecular weight is 435 g/mol. The minimum absolute atomic E-state index is 0.000512. The molecule has 0 bridgehead atoms. The van der Waals surface area contributed by atoms with Crippen molar-refractivity contribution in [2.24, 2.45) is 34.0 Å². The highest BCUT2D eigenvalue weighted by molar-refractivity contribution is 6.41. The van der Waals surface area contributed by atoms with Gasteiger partial charge < -0.3 is 5.32 Å². The van der Waals surface area contributed by atoms with Crippen molar-refractivity contribution < 1.29 is 4.79 Å². The molecule has 6 atom stereocenters. The fourth-order valence-electron chi connectivity index (χ4n) is 7.66. The van der Waals surface area contributed by atoms with Crippen LogP contribution in [0.5, 0.6) is 0 Å². The minimum Gasteiger partial charge on any atom is -0.347 e. The molecule has 0 aromatic rings. The van der Waals surface area contributed by atoms with Gasteiger partial charge >= 0.3 is 0 Å². The molecule has 0 aromatic carbocycles. The fourth-order valence-corrected chi connectivity index (χ4v) is 7.66. The molecule has 3 fully saturated rings. The second kappa shape index (κ2) is 9.00. The number of hydrogen-bond donors (Lipinski definition) is 2. The smallest absolute Gasteiger partial charge is 0.269 e. The molecule has 0 heterocycles. The lowest BCUT2D eigenvalue weighted by Crippen LogP contribution is -2.52. The maximum absolute atomic E-state index is 12.1. The number of carbonyl (C=O) groups excluding carboxylic acids is 1. The molecule has 3 heteroatoms. The van der Waals surface area contributed by atoms with Gasteiger partial charge in [-0.3, -0.25) is 10.2 Å². The highest BCUT2D eigenvalue weighted by Crippen LogP contribution is 2.70. The van der Waals surface area contributed by atoms with Crippen LogP contribution in [0.25, 0.3) is 0 Å². The van der Waals surface area contributed by atoms with E-state index in [0.29, 0.717) is 18.4 Å². The predicted molar refractivity (Wildman–Crippen MR) is 136 cm³/mol. The minimum atomic E-state index is -0.371. The molecule has 3 nitrogen and oxygen atoms in total. The third kappa shape index (κ3) is 3.68. The van der Waals surface area contributed by atoms with Crippen molar-refractivity contribution in [1.29, 1.82) is 5.41 Å². The van der Waals surface area contributed by atoms with Crippen molar-refractivity contribution >= 4 is 11.6 Å². The van der Waals surface area contributed by atoms with E-state index in [0.717, 1.165) is 24.3 Å². The van der Waals surface area contributed by atoms with Crippen molar-refractivity contribution in [3.8, 4) is 0 Å². The molecule has 0 saturated heterocycles. The lowest BCUT2D eigenvalue weighted by molar-refractivity contribution is -0.114. The summed E-state index contributed by atoms with van der Waals surface area (Å²) in [5.74, 6) is 1.69. The summed E-state index contributed by atoms with van der Waals surface area (Å²) in [6.45, 7) is 21.8. The van der Waals surface area contributed by atoms with Gasteiger partial charge in [-0.25, -0.2) is 0 Å². The van der Waals surface area contributed by atoms with Crippen LogP contribution in [0.2, 0.25) is 0 Å². The van der Waals surface area contributed by atoms with Gasteiger partial charge in [0.2, 0.25) is 0 Å². The maximum Gasteiger partial charge on any atom is 0.269 e. The first-order valence-electron chi connectivity index (χ1n) is 12.2. The Morgan fingerprint density at radius 3 is 2.47 bits per heavy atom. The summed E-state index contributed by atoms with van der Waals surface area (Å²) in [5, 5.41) is 10.6. The van der Waals surface area contributed by atoms with Crippen LogP contribution in [0.1, 0.15) is 66.2 Å². The van der Waals surface area contributed by atoms with E-state index in [-0.39, 0.29) is 27.9 Å². The summed E-state index contributed by atoms with van der Waals surface area (Å²) in [7, 11) is 0. The molecule has 174 valence electrons. The van der Waals surface area contributed by atoms with E-state index in [1.165, 1.54) is 37.3 Å². The number of fused-ring (bicyclic) bond motifs is 3. The van der Waals surface area contributed by atoms with E-state index >= 15 is 0 Å². The topological polar surface area (TPSA) is 53.0 Å². The fraction of sp³-hybridized carbons (Fsp3) is 0.586. The van der Waals surface area contributed by atoms with Crippen molar-refractivity contribution in [2.75, 3.05) is 6.54 Å². The molecule has 2 N–H and O–H groups in total. The van der Waals surface area contributed by atoms with Crippen LogP contribution >= 0.6 is 0 Å². The van der Waals surface area contributed by atoms with Crippen LogP contribution in [-0.2, 0) is 4.79 Å². The van der Waals surface area contributed by atoms with Gasteiger partial charge in [0.05, 0.1) is 0 Å². The van der Waals surface area contributed by atoms with Crippen LogP contribution in [0.3, 0.4) is 0 Å². The number of hydrogen-bond acceptors (Lipinski definition) is 2. The molecule has 0 aromatic heterocycles. The number of nitrogens with one attached hydrogen (secondary N) is 2. The standard InChI is InChI=1S/C29H42N2O/c1-8-11-21-12-13-22-23(27(21,5)16-9-2)14-18-29(7)24(22)15-17-28(29,6)20(4)19-31-26(32)25(30)10-3/h8-11,16,22-24,30H,1,3-4,12-15,17-19H2,2,5-7H3,(H,31,32)/b16-9-,21-11-,30-25?/t22?,23?,24?,27?,28-,29?/m1/s1. The van der Waals surface area contributed by atoms with Crippen molar-refractivity contribution in [3.05, 3.63) is 61.3 Å². The Hall–Kier alpha value is -2.16. The average Bonchev–Trinajstić information content (AvgIpc) is 3.05. The monoisotopic (exact) mass is 434 g/mol. The van der Waals surface area contributed by atoms with Gasteiger partial charge in [-0.1, -0.05) is 76.0 Å². The largest absolute Gasteiger partial charge is 0.347 e. The number of allylic oxidation sites excluding steroid dienone is 5. The Kier molecular flexibility index (Phi) is 6.88. The second-order valence-electron chi connectivity index (χ2n) is 10.9. The van der Waals surface area contributed by atoms with Crippen LogP contribution in [0.4, 0.5) is 0 Å². The molecule has 0 aliphatic heterocycles. The Morgan fingerprint density at radius 1 is 1.16 bits per heavy atom. The molecule has 5 unspecified atom stereocenters. The van der Waals surface area contributed by atoms with E-state index in [1.54, 1.807) is 0 Å². The zero-order valence-corrected chi connectivity index (χ0v) is 20.6. The SMILES string of the molecule is C=C/C=C1/CCC2C(CCC3(C)C2CC[C@]3(C)C(=C)CNC(=O)C(=N)C=C)C1(C)/C=C\C. The van der Waals surface area contributed by atoms with Gasteiger partial charge in [0.1, 0.15) is 5.71 Å². The highest BCUT2D eigenvalue weighted by Gasteiger charge is 2.62. The first-order valence-corrected chi connectivity index (χ1v) is 12.2. The predicted octanol–water partition coefficient (Wildman–Crippen LogP) is 6.80. The van der Waals surface area contributed by atoms with Gasteiger partial charge in [0, 0.05) is 12.0 Å². The Bertz CT molecular complexity index is 880. The van der Waals surface area contributed by atoms with E-state index in [9.17, 15) is 4.79 Å². The Morgan fingerprint density at radius 2 is 1.84 bits per heavy atom. The maximum atomic E-state index is 12.1. The summed E-state index contributed by atoms with van der Waals surface area (Å²) in [4.78, 5) is 12.1. The third-order valence-electron chi connectivity index (χ3n) is 9.78. The molecule has 0 spiro atoms. The summed E-state index contributed by atoms with van der Waals surface area (Å²) in [6.07, 6.45) is 17.4. The quantitative estimate of drug-likeness (QED) is 0.336. The normalized spacial score (nSPS) is 39.9. The summed E-state index contributed by atoms with van der Waals surface area (Å²) < 4.78 is 0. The lowest BCUT2D eigenvalue weighted by Gasteiger charge is -2.59. The summed E-state index contributed by atoms with van der Waals surface area (Å²) >= 11 is 0. The second-order valence-corrected chi connectivity index (χ2v) is 10.9. The summed E-state index contributed by atoms with van der Waals surface area (Å²) in [5.41, 5.74) is 2.85. The van der Waals surface area contributed by atoms with Crippen LogP contribution < -0.4 is 5.32 Å². The first kappa shape index (κ1) is 24.5. The highest BCUT2D eigenvalue weighted by atomic mass is 16.1. The number of rotatable bonds is 7. The van der Waals surface area contributed by atoms with Crippen molar-refractivity contribution in [1.82, 2.24) is 5.32 Å². The molecular formula is C29H42N2O. The molecule has 3 aliphatic rings. The van der Waals surface area contributed by atoms with Gasteiger partial charge in [0.25, 0.3) is 5.91 Å². The Balaban J connectivity index is 1.85. The van der Waals surface area contributed by atoms with Gasteiger partial charge in [-0.2, -0.15) is 0 Å². The zero-order valence-electron chi connectivity index (χ0n) is 20.6. The molecule has 1 amide bonds. The molecule has 0 radical (unpaired) electrons. The number of amides is 1. The van der Waals surface area contributed by atoms with E-state index in [1.807, 2.05) is 6.08 Å². The van der Waals surface area contributed by atoms with Crippen LogP contribution in [0.15, 0.2) is 61.3 Å². The van der Waals surface area contributed by atoms with Crippen LogP contribution in [0, 0.1) is 39.4 Å². The molecule has 3 rings (SSSR count). The summed E-state index contributed by atoms with van der Waals surface area (Å²) in [6, 6.07) is 0. The van der Waals surface area contributed by atoms with Gasteiger partial charge in [-0.15, -0.1) is 0 Å². The number of carbonyl (C=O) groups is 1. The first-order chi connectivity index (χ1) is 15.1. The molecular weight excluding hydrogens is 392 g/mol. The molecule has 32 heavy (non-hydrogen) atoms. The van der Waals surface area contributed by atoms with Crippen molar-refractivity contribution in [2.45, 2.75) is 66.2 Å². The zero-order chi connectivity index (χ0) is 23.7. The molecule has 3 saturated carbocycles. The lowest BCUT2D eigenvalue weighted by atomic mass is 9.46.